The van der Waals surface area contributed by atoms with Gasteiger partial charge in [-0.2, -0.15) is 9.29 Å². The Morgan fingerprint density at radius 3 is 2.20 bits per heavy atom. The molecule has 0 amide bonds. The van der Waals surface area contributed by atoms with Crippen LogP contribution in [0.25, 0.3) is 0 Å². The zero-order chi connectivity index (χ0) is 21.3. The molecule has 1 aromatic heterocycles. The normalized spacial score (nSPS) is 19.3. The summed E-state index contributed by atoms with van der Waals surface area (Å²) in [6, 6.07) is 8.59. The molecule has 30 heavy (non-hydrogen) atoms. The first kappa shape index (κ1) is 21.3. The second-order valence-electron chi connectivity index (χ2n) is 7.78. The van der Waals surface area contributed by atoms with Crippen molar-refractivity contribution in [3.8, 4) is 0 Å². The van der Waals surface area contributed by atoms with Crippen LogP contribution in [0.5, 0.6) is 0 Å². The lowest BCUT2D eigenvalue weighted by atomic mass is 10.3. The predicted molar refractivity (Wildman–Crippen MR) is 119 cm³/mol. The van der Waals surface area contributed by atoms with Crippen LogP contribution in [-0.2, 0) is 10.0 Å². The van der Waals surface area contributed by atoms with Crippen molar-refractivity contribution in [2.24, 2.45) is 0 Å². The van der Waals surface area contributed by atoms with E-state index in [4.69, 9.17) is 16.6 Å². The highest BCUT2D eigenvalue weighted by Gasteiger charge is 2.31. The Kier molecular flexibility index (Phi) is 6.15. The zero-order valence-corrected chi connectivity index (χ0v) is 18.9. The zero-order valence-electron chi connectivity index (χ0n) is 17.3. The molecule has 10 heteroatoms. The van der Waals surface area contributed by atoms with Crippen molar-refractivity contribution >= 4 is 33.4 Å². The Morgan fingerprint density at radius 1 is 0.900 bits per heavy atom. The van der Waals surface area contributed by atoms with Crippen LogP contribution in [0.4, 0.5) is 11.8 Å². The molecule has 4 rings (SSSR count). The van der Waals surface area contributed by atoms with Crippen LogP contribution in [0.3, 0.4) is 0 Å². The average Bonchev–Trinajstić information content (AvgIpc) is 2.74. The molecule has 0 radical (unpaired) electrons. The first-order chi connectivity index (χ1) is 14.3. The van der Waals surface area contributed by atoms with Crippen LogP contribution in [0, 0.1) is 6.92 Å². The Morgan fingerprint density at radius 2 is 1.53 bits per heavy atom. The number of likely N-dealkylation sites (N-methyl/N-ethyl adjacent to an activating group) is 1. The molecule has 2 aromatic rings. The van der Waals surface area contributed by atoms with Gasteiger partial charge >= 0.3 is 0 Å². The van der Waals surface area contributed by atoms with E-state index in [1.165, 1.54) is 4.31 Å². The quantitative estimate of drug-likeness (QED) is 0.701. The highest BCUT2D eigenvalue weighted by Crippen LogP contribution is 2.26. The summed E-state index contributed by atoms with van der Waals surface area (Å²) in [5.74, 6) is 1.61. The molecule has 2 saturated heterocycles. The minimum atomic E-state index is -3.62. The molecule has 1 aromatic carbocycles. The molecule has 2 aliphatic heterocycles. The maximum Gasteiger partial charge on any atom is 0.244 e. The molecule has 0 unspecified atom stereocenters. The molecule has 0 atom stereocenters. The van der Waals surface area contributed by atoms with E-state index in [0.717, 1.165) is 37.7 Å². The van der Waals surface area contributed by atoms with Crippen LogP contribution < -0.4 is 9.80 Å². The number of nitrogens with zero attached hydrogens (tertiary/aromatic N) is 6. The number of benzene rings is 1. The van der Waals surface area contributed by atoms with E-state index in [0.29, 0.717) is 32.1 Å². The fourth-order valence-corrected chi connectivity index (χ4v) is 5.71. The summed E-state index contributed by atoms with van der Waals surface area (Å²) in [5, 5.41) is 0.249. The summed E-state index contributed by atoms with van der Waals surface area (Å²) in [6.45, 7) is 7.69. The molecule has 0 N–H and O–H groups in total. The van der Waals surface area contributed by atoms with Gasteiger partial charge in [-0.05, 0) is 26.1 Å². The Balaban J connectivity index is 1.47. The van der Waals surface area contributed by atoms with E-state index in [1.54, 1.807) is 24.3 Å². The van der Waals surface area contributed by atoms with Crippen LogP contribution >= 0.6 is 11.6 Å². The third-order valence-corrected chi connectivity index (χ3v) is 8.03. The fraction of sp³-hybridized carbons (Fsp3) is 0.500. The van der Waals surface area contributed by atoms with E-state index >= 15 is 0 Å². The SMILES string of the molecule is Cc1cc(N2CCN(C)CC2)nc(N2CCN(S(=O)(=O)c3ccccc3Cl)CC2)n1. The number of rotatable bonds is 4. The number of anilines is 2. The summed E-state index contributed by atoms with van der Waals surface area (Å²) >= 11 is 6.13. The Labute approximate surface area is 183 Å². The van der Waals surface area contributed by atoms with E-state index in [-0.39, 0.29) is 9.92 Å². The summed E-state index contributed by atoms with van der Waals surface area (Å²) in [7, 11) is -1.49. The standard InChI is InChI=1S/C20H27ClN6O2S/c1-16-15-19(25-9-7-24(2)8-10-25)23-20(22-16)26-11-13-27(14-12-26)30(28,29)18-6-4-3-5-17(18)21/h3-6,15H,7-14H2,1-2H3. The van der Waals surface area contributed by atoms with Gasteiger partial charge < -0.3 is 14.7 Å². The third kappa shape index (κ3) is 4.39. The molecular weight excluding hydrogens is 424 g/mol. The highest BCUT2D eigenvalue weighted by atomic mass is 35.5. The van der Waals surface area contributed by atoms with Gasteiger partial charge in [0, 0.05) is 64.1 Å². The molecule has 2 fully saturated rings. The van der Waals surface area contributed by atoms with Gasteiger partial charge in [0.2, 0.25) is 16.0 Å². The lowest BCUT2D eigenvalue weighted by Crippen LogP contribution is -2.49. The van der Waals surface area contributed by atoms with Crippen LogP contribution in [0.2, 0.25) is 5.02 Å². The van der Waals surface area contributed by atoms with Gasteiger partial charge in [-0.15, -0.1) is 0 Å². The van der Waals surface area contributed by atoms with Crippen LogP contribution in [0.1, 0.15) is 5.69 Å². The maximum atomic E-state index is 13.0. The van der Waals surface area contributed by atoms with Crippen molar-refractivity contribution in [1.29, 1.82) is 0 Å². The molecule has 0 saturated carbocycles. The molecule has 8 nitrogen and oxygen atoms in total. The van der Waals surface area contributed by atoms with E-state index in [1.807, 2.05) is 13.0 Å². The third-order valence-electron chi connectivity index (χ3n) is 5.63. The van der Waals surface area contributed by atoms with Gasteiger partial charge in [0.15, 0.2) is 0 Å². The number of sulfonamides is 1. The Bertz CT molecular complexity index is 1000. The number of hydrogen-bond donors (Lipinski definition) is 0. The largest absolute Gasteiger partial charge is 0.354 e. The highest BCUT2D eigenvalue weighted by molar-refractivity contribution is 7.89. The lowest BCUT2D eigenvalue weighted by molar-refractivity contribution is 0.312. The number of aromatic nitrogens is 2. The molecule has 3 heterocycles. The van der Waals surface area contributed by atoms with Gasteiger partial charge in [0.1, 0.15) is 10.7 Å². The monoisotopic (exact) mass is 450 g/mol. The second kappa shape index (κ2) is 8.66. The molecule has 0 bridgehead atoms. The van der Waals surface area contributed by atoms with Crippen molar-refractivity contribution in [3.63, 3.8) is 0 Å². The lowest BCUT2D eigenvalue weighted by Gasteiger charge is -2.36. The number of hydrogen-bond acceptors (Lipinski definition) is 7. The van der Waals surface area contributed by atoms with Gasteiger partial charge in [0.25, 0.3) is 0 Å². The van der Waals surface area contributed by atoms with Crippen molar-refractivity contribution < 1.29 is 8.42 Å². The van der Waals surface area contributed by atoms with Gasteiger partial charge in [0.05, 0.1) is 5.02 Å². The average molecular weight is 451 g/mol. The molecule has 0 spiro atoms. The van der Waals surface area contributed by atoms with Crippen molar-refractivity contribution in [2.75, 3.05) is 69.2 Å². The van der Waals surface area contributed by atoms with Gasteiger partial charge in [-0.25, -0.2) is 13.4 Å². The van der Waals surface area contributed by atoms with Gasteiger partial charge in [-0.1, -0.05) is 23.7 Å². The number of aryl methyl sites for hydroxylation is 1. The summed E-state index contributed by atoms with van der Waals surface area (Å²) < 4.78 is 27.4. The fourth-order valence-electron chi connectivity index (χ4n) is 3.80. The van der Waals surface area contributed by atoms with Gasteiger partial charge in [-0.3, -0.25) is 0 Å². The number of halogens is 1. The van der Waals surface area contributed by atoms with E-state index < -0.39 is 10.0 Å². The molecule has 0 aliphatic carbocycles. The minimum Gasteiger partial charge on any atom is -0.354 e. The van der Waals surface area contributed by atoms with Crippen LogP contribution in [-0.4, -0.2) is 87.0 Å². The Hall–Kier alpha value is -1.94. The minimum absolute atomic E-state index is 0.157. The smallest absolute Gasteiger partial charge is 0.244 e. The van der Waals surface area contributed by atoms with Crippen molar-refractivity contribution in [2.45, 2.75) is 11.8 Å². The maximum absolute atomic E-state index is 13.0. The second-order valence-corrected chi connectivity index (χ2v) is 10.1. The van der Waals surface area contributed by atoms with Crippen molar-refractivity contribution in [1.82, 2.24) is 19.2 Å². The summed E-state index contributed by atoms with van der Waals surface area (Å²) in [5.41, 5.74) is 0.917. The molecule has 162 valence electrons. The van der Waals surface area contributed by atoms with Crippen LogP contribution in [0.15, 0.2) is 35.2 Å². The van der Waals surface area contributed by atoms with Crippen molar-refractivity contribution in [3.05, 3.63) is 41.0 Å². The van der Waals surface area contributed by atoms with E-state index in [2.05, 4.69) is 26.7 Å². The molecule has 2 aliphatic rings. The summed E-state index contributed by atoms with van der Waals surface area (Å²) in [4.78, 5) is 16.2. The van der Waals surface area contributed by atoms with E-state index in [9.17, 15) is 8.42 Å². The number of piperazine rings is 2. The molecular formula is C20H27ClN6O2S. The summed E-state index contributed by atoms with van der Waals surface area (Å²) in [6.07, 6.45) is 0. The predicted octanol–water partition coefficient (Wildman–Crippen LogP) is 1.70. The topological polar surface area (TPSA) is 72.9 Å². The first-order valence-electron chi connectivity index (χ1n) is 10.1. The first-order valence-corrected chi connectivity index (χ1v) is 12.0.